The van der Waals surface area contributed by atoms with Gasteiger partial charge in [-0.2, -0.15) is 5.10 Å². The molecule has 1 fully saturated rings. The van der Waals surface area contributed by atoms with Crippen molar-refractivity contribution < 1.29 is 23.9 Å². The SMILES string of the molecule is COC(=O)C1(Cc2ccccc2)CC(CNC(=O)c2cc(C)nn2C2CCOCC2)=NO1. The molecule has 1 atom stereocenters. The summed E-state index contributed by atoms with van der Waals surface area (Å²) in [6, 6.07) is 11.5. The van der Waals surface area contributed by atoms with Crippen LogP contribution in [0.3, 0.4) is 0 Å². The zero-order valence-electron chi connectivity index (χ0n) is 18.4. The van der Waals surface area contributed by atoms with Crippen LogP contribution in [0.15, 0.2) is 41.6 Å². The number of carbonyl (C=O) groups is 2. The quantitative estimate of drug-likeness (QED) is 0.662. The Morgan fingerprint density at radius 2 is 2.00 bits per heavy atom. The number of carbonyl (C=O) groups excluding carboxylic acids is 2. The summed E-state index contributed by atoms with van der Waals surface area (Å²) in [6.45, 7) is 3.37. The maximum absolute atomic E-state index is 12.9. The Morgan fingerprint density at radius 3 is 2.72 bits per heavy atom. The molecule has 2 aliphatic rings. The van der Waals surface area contributed by atoms with Crippen LogP contribution >= 0.6 is 0 Å². The number of methoxy groups -OCH3 is 1. The molecule has 1 aromatic heterocycles. The van der Waals surface area contributed by atoms with Crippen molar-refractivity contribution in [3.05, 3.63) is 53.3 Å². The van der Waals surface area contributed by atoms with E-state index in [9.17, 15) is 9.59 Å². The lowest BCUT2D eigenvalue weighted by Crippen LogP contribution is -2.43. The molecule has 9 nitrogen and oxygen atoms in total. The zero-order chi connectivity index (χ0) is 22.6. The lowest BCUT2D eigenvalue weighted by atomic mass is 9.89. The van der Waals surface area contributed by atoms with Crippen LogP contribution < -0.4 is 5.32 Å². The highest BCUT2D eigenvalue weighted by Gasteiger charge is 2.47. The lowest BCUT2D eigenvalue weighted by molar-refractivity contribution is -0.166. The van der Waals surface area contributed by atoms with Gasteiger partial charge in [0.1, 0.15) is 5.69 Å². The Labute approximate surface area is 186 Å². The number of hydrogen-bond donors (Lipinski definition) is 1. The Bertz CT molecular complexity index is 997. The molecule has 2 aromatic rings. The van der Waals surface area contributed by atoms with Gasteiger partial charge in [0, 0.05) is 26.1 Å². The molecule has 4 rings (SSSR count). The molecule has 170 valence electrons. The third-order valence-corrected chi connectivity index (χ3v) is 5.81. The minimum Gasteiger partial charge on any atom is -0.466 e. The smallest absolute Gasteiger partial charge is 0.353 e. The fraction of sp³-hybridized carbons (Fsp3) is 0.478. The van der Waals surface area contributed by atoms with Crippen LogP contribution in [0.5, 0.6) is 0 Å². The fourth-order valence-corrected chi connectivity index (χ4v) is 4.20. The Hall–Kier alpha value is -3.20. The summed E-state index contributed by atoms with van der Waals surface area (Å²) in [5.74, 6) is -0.724. The lowest BCUT2D eigenvalue weighted by Gasteiger charge is -2.24. The summed E-state index contributed by atoms with van der Waals surface area (Å²) in [7, 11) is 1.33. The van der Waals surface area contributed by atoms with Gasteiger partial charge in [-0.05, 0) is 31.4 Å². The van der Waals surface area contributed by atoms with Crippen molar-refractivity contribution in [3.63, 3.8) is 0 Å². The van der Waals surface area contributed by atoms with E-state index < -0.39 is 11.6 Å². The number of esters is 1. The van der Waals surface area contributed by atoms with E-state index in [0.717, 1.165) is 24.1 Å². The van der Waals surface area contributed by atoms with Gasteiger partial charge in [-0.3, -0.25) is 9.48 Å². The first kappa shape index (κ1) is 22.0. The van der Waals surface area contributed by atoms with E-state index in [1.165, 1.54) is 7.11 Å². The van der Waals surface area contributed by atoms with Gasteiger partial charge in [0.25, 0.3) is 5.91 Å². The summed E-state index contributed by atoms with van der Waals surface area (Å²) in [4.78, 5) is 31.1. The molecule has 1 saturated heterocycles. The first-order chi connectivity index (χ1) is 15.5. The minimum atomic E-state index is -1.23. The van der Waals surface area contributed by atoms with Crippen LogP contribution in [-0.4, -0.2) is 59.8 Å². The highest BCUT2D eigenvalue weighted by atomic mass is 16.7. The van der Waals surface area contributed by atoms with E-state index >= 15 is 0 Å². The number of nitrogens with zero attached hydrogens (tertiary/aromatic N) is 3. The highest BCUT2D eigenvalue weighted by molar-refractivity contribution is 5.99. The predicted octanol–water partition coefficient (Wildman–Crippen LogP) is 2.20. The number of rotatable bonds is 7. The minimum absolute atomic E-state index is 0.142. The van der Waals surface area contributed by atoms with Gasteiger partial charge in [0.05, 0.1) is 31.1 Å². The molecule has 0 saturated carbocycles. The normalized spacial score (nSPS) is 21.0. The van der Waals surface area contributed by atoms with Gasteiger partial charge in [-0.15, -0.1) is 0 Å². The van der Waals surface area contributed by atoms with Crippen molar-refractivity contribution in [1.82, 2.24) is 15.1 Å². The van der Waals surface area contributed by atoms with Crippen molar-refractivity contribution in [2.75, 3.05) is 26.9 Å². The van der Waals surface area contributed by atoms with E-state index in [2.05, 4.69) is 15.6 Å². The van der Waals surface area contributed by atoms with Crippen molar-refractivity contribution >= 4 is 17.6 Å². The second kappa shape index (κ2) is 9.52. The van der Waals surface area contributed by atoms with Gasteiger partial charge < -0.3 is 19.6 Å². The summed E-state index contributed by atoms with van der Waals surface area (Å²) in [6.07, 6.45) is 2.22. The number of amides is 1. The average molecular weight is 441 g/mol. The largest absolute Gasteiger partial charge is 0.466 e. The molecule has 0 aliphatic carbocycles. The predicted molar refractivity (Wildman–Crippen MR) is 116 cm³/mol. The molecule has 0 bridgehead atoms. The molecule has 9 heteroatoms. The number of hydrogen-bond acceptors (Lipinski definition) is 7. The third-order valence-electron chi connectivity index (χ3n) is 5.81. The Balaban J connectivity index is 1.41. The van der Waals surface area contributed by atoms with Gasteiger partial charge >= 0.3 is 5.97 Å². The van der Waals surface area contributed by atoms with Crippen molar-refractivity contribution in [2.24, 2.45) is 5.16 Å². The van der Waals surface area contributed by atoms with Crippen LogP contribution in [0.4, 0.5) is 0 Å². The maximum Gasteiger partial charge on any atom is 0.353 e. The maximum atomic E-state index is 12.9. The van der Waals surface area contributed by atoms with E-state index in [1.54, 1.807) is 10.7 Å². The second-order valence-electron chi connectivity index (χ2n) is 8.22. The van der Waals surface area contributed by atoms with E-state index in [0.29, 0.717) is 31.0 Å². The van der Waals surface area contributed by atoms with Crippen LogP contribution in [-0.2, 0) is 25.5 Å². The number of benzene rings is 1. The molecule has 1 N–H and O–H groups in total. The summed E-state index contributed by atoms with van der Waals surface area (Å²) in [5.41, 5.74) is 1.59. The molecule has 1 aromatic carbocycles. The van der Waals surface area contributed by atoms with Crippen molar-refractivity contribution in [2.45, 2.75) is 44.2 Å². The van der Waals surface area contributed by atoms with Crippen LogP contribution in [0.25, 0.3) is 0 Å². The molecular formula is C23H28N4O5. The summed E-state index contributed by atoms with van der Waals surface area (Å²) < 4.78 is 12.2. The molecular weight excluding hydrogens is 412 g/mol. The fourth-order valence-electron chi connectivity index (χ4n) is 4.20. The highest BCUT2D eigenvalue weighted by Crippen LogP contribution is 2.30. The van der Waals surface area contributed by atoms with E-state index in [1.807, 2.05) is 37.3 Å². The molecule has 0 spiro atoms. The summed E-state index contributed by atoms with van der Waals surface area (Å²) >= 11 is 0. The van der Waals surface area contributed by atoms with Crippen LogP contribution in [0.1, 0.15) is 47.1 Å². The van der Waals surface area contributed by atoms with Gasteiger partial charge in [-0.1, -0.05) is 35.5 Å². The average Bonchev–Trinajstić information content (AvgIpc) is 3.42. The number of oxime groups is 1. The summed E-state index contributed by atoms with van der Waals surface area (Å²) in [5, 5.41) is 11.5. The van der Waals surface area contributed by atoms with Crippen LogP contribution in [0, 0.1) is 6.92 Å². The number of aryl methyl sites for hydroxylation is 1. The Morgan fingerprint density at radius 1 is 1.25 bits per heavy atom. The van der Waals surface area contributed by atoms with Gasteiger partial charge in [0.2, 0.25) is 5.60 Å². The molecule has 1 amide bonds. The first-order valence-electron chi connectivity index (χ1n) is 10.8. The molecule has 0 radical (unpaired) electrons. The molecule has 2 aliphatic heterocycles. The van der Waals surface area contributed by atoms with E-state index in [-0.39, 0.29) is 24.9 Å². The Kier molecular flexibility index (Phi) is 6.55. The van der Waals surface area contributed by atoms with E-state index in [4.69, 9.17) is 14.3 Å². The first-order valence-corrected chi connectivity index (χ1v) is 10.8. The van der Waals surface area contributed by atoms with Crippen molar-refractivity contribution in [3.8, 4) is 0 Å². The second-order valence-corrected chi connectivity index (χ2v) is 8.22. The number of nitrogens with one attached hydrogen (secondary N) is 1. The standard InChI is InChI=1S/C23H28N4O5/c1-16-12-20(27(25-16)19-8-10-31-11-9-19)21(28)24-15-18-14-23(32-26-18,22(29)30-2)13-17-6-4-3-5-7-17/h3-7,12,19H,8-11,13-15H2,1-2H3,(H,24,28). The topological polar surface area (TPSA) is 104 Å². The third kappa shape index (κ3) is 4.67. The molecule has 3 heterocycles. The molecule has 32 heavy (non-hydrogen) atoms. The van der Waals surface area contributed by atoms with Crippen LogP contribution in [0.2, 0.25) is 0 Å². The van der Waals surface area contributed by atoms with Gasteiger partial charge in [-0.25, -0.2) is 4.79 Å². The molecule has 1 unspecified atom stereocenters. The number of aromatic nitrogens is 2. The van der Waals surface area contributed by atoms with Crippen molar-refractivity contribution in [1.29, 1.82) is 0 Å². The monoisotopic (exact) mass is 440 g/mol. The van der Waals surface area contributed by atoms with Gasteiger partial charge in [0.15, 0.2) is 0 Å². The number of ether oxygens (including phenoxy) is 2. The zero-order valence-corrected chi connectivity index (χ0v) is 18.4.